The van der Waals surface area contributed by atoms with Crippen LogP contribution >= 0.6 is 0 Å². The van der Waals surface area contributed by atoms with Gasteiger partial charge < -0.3 is 20.1 Å². The molecule has 0 saturated heterocycles. The molecule has 4 nitrogen and oxygen atoms in total. The zero-order chi connectivity index (χ0) is 14.3. The lowest BCUT2D eigenvalue weighted by Gasteiger charge is -2.16. The van der Waals surface area contributed by atoms with Crippen molar-refractivity contribution in [1.82, 2.24) is 10.2 Å². The maximum atomic E-state index is 9.89. The van der Waals surface area contributed by atoms with Crippen molar-refractivity contribution in [2.24, 2.45) is 0 Å². The molecule has 0 aliphatic heterocycles. The van der Waals surface area contributed by atoms with E-state index in [1.54, 1.807) is 6.07 Å². The summed E-state index contributed by atoms with van der Waals surface area (Å²) in [7, 11) is 4.06. The van der Waals surface area contributed by atoms with E-state index in [1.165, 1.54) is 0 Å². The van der Waals surface area contributed by atoms with Gasteiger partial charge in [-0.3, -0.25) is 0 Å². The van der Waals surface area contributed by atoms with E-state index in [0.29, 0.717) is 12.4 Å². The molecule has 0 radical (unpaired) electrons. The molecule has 1 atom stereocenters. The van der Waals surface area contributed by atoms with Crippen molar-refractivity contribution in [3.05, 3.63) is 29.3 Å². The average Bonchev–Trinajstić information content (AvgIpc) is 2.32. The number of rotatable bonds is 8. The van der Waals surface area contributed by atoms with E-state index in [9.17, 15) is 5.11 Å². The number of hydrogen-bond donors (Lipinski definition) is 2. The van der Waals surface area contributed by atoms with Gasteiger partial charge in [0.25, 0.3) is 0 Å². The van der Waals surface area contributed by atoms with Gasteiger partial charge in [-0.2, -0.15) is 0 Å². The fourth-order valence-corrected chi connectivity index (χ4v) is 1.83. The first-order chi connectivity index (χ1) is 9.00. The van der Waals surface area contributed by atoms with Gasteiger partial charge in [-0.05, 0) is 39.6 Å². The highest BCUT2D eigenvalue weighted by atomic mass is 16.5. The van der Waals surface area contributed by atoms with E-state index in [4.69, 9.17) is 4.74 Å². The summed E-state index contributed by atoms with van der Waals surface area (Å²) in [6.45, 7) is 7.17. The second-order valence-corrected chi connectivity index (χ2v) is 5.15. The lowest BCUT2D eigenvalue weighted by atomic mass is 10.1. The monoisotopic (exact) mass is 266 g/mol. The third kappa shape index (κ3) is 6.05. The molecule has 0 aliphatic rings. The summed E-state index contributed by atoms with van der Waals surface area (Å²) in [6, 6.07) is 5.90. The maximum Gasteiger partial charge on any atom is 0.120 e. The summed E-state index contributed by atoms with van der Waals surface area (Å²) in [4.78, 5) is 2.10. The number of nitrogens with one attached hydrogen (secondary N) is 1. The molecule has 1 aromatic carbocycles. The summed E-state index contributed by atoms with van der Waals surface area (Å²) >= 11 is 0. The van der Waals surface area contributed by atoms with E-state index in [0.717, 1.165) is 30.8 Å². The Hall–Kier alpha value is -1.10. The van der Waals surface area contributed by atoms with E-state index >= 15 is 0 Å². The van der Waals surface area contributed by atoms with E-state index < -0.39 is 0 Å². The van der Waals surface area contributed by atoms with Gasteiger partial charge in [-0.1, -0.05) is 12.1 Å². The summed E-state index contributed by atoms with van der Waals surface area (Å²) in [5, 5.41) is 13.2. The molecule has 0 aliphatic carbocycles. The highest BCUT2D eigenvalue weighted by Crippen LogP contribution is 2.24. The number of benzene rings is 1. The molecule has 0 fully saturated rings. The summed E-state index contributed by atoms with van der Waals surface area (Å²) in [6.07, 6.45) is 0. The first-order valence-electron chi connectivity index (χ1n) is 6.76. The Balaban J connectivity index is 2.25. The van der Waals surface area contributed by atoms with Gasteiger partial charge in [0.2, 0.25) is 0 Å². The van der Waals surface area contributed by atoms with Gasteiger partial charge in [-0.25, -0.2) is 0 Å². The zero-order valence-corrected chi connectivity index (χ0v) is 12.4. The van der Waals surface area contributed by atoms with Crippen LogP contribution in [0.2, 0.25) is 0 Å². The van der Waals surface area contributed by atoms with Gasteiger partial charge in [-0.15, -0.1) is 0 Å². The molecule has 4 heteroatoms. The standard InChI is InChI=1S/C15H26N2O2/c1-12-5-6-14(15(18)11-12)13(2)16-7-9-19-10-8-17(3)4/h5-6,11,13,16,18H,7-10H2,1-4H3. The van der Waals surface area contributed by atoms with Gasteiger partial charge in [0.05, 0.1) is 13.2 Å². The number of phenolic OH excluding ortho intramolecular Hbond substituents is 1. The Morgan fingerprint density at radius 1 is 1.32 bits per heavy atom. The lowest BCUT2D eigenvalue weighted by Crippen LogP contribution is -2.25. The van der Waals surface area contributed by atoms with Crippen molar-refractivity contribution in [1.29, 1.82) is 0 Å². The van der Waals surface area contributed by atoms with Gasteiger partial charge in [0.1, 0.15) is 5.75 Å². The van der Waals surface area contributed by atoms with Crippen LogP contribution < -0.4 is 5.32 Å². The predicted octanol–water partition coefficient (Wildman–Crippen LogP) is 1.93. The molecular formula is C15H26N2O2. The Morgan fingerprint density at radius 3 is 2.68 bits per heavy atom. The molecule has 1 rings (SSSR count). The third-order valence-electron chi connectivity index (χ3n) is 3.03. The normalized spacial score (nSPS) is 12.9. The molecule has 1 aromatic rings. The molecule has 1 unspecified atom stereocenters. The van der Waals surface area contributed by atoms with Crippen molar-refractivity contribution in [2.75, 3.05) is 40.4 Å². The number of phenols is 1. The lowest BCUT2D eigenvalue weighted by molar-refractivity contribution is 0.118. The van der Waals surface area contributed by atoms with E-state index in [1.807, 2.05) is 40.1 Å². The fraction of sp³-hybridized carbons (Fsp3) is 0.600. The minimum Gasteiger partial charge on any atom is -0.508 e. The van der Waals surface area contributed by atoms with Crippen LogP contribution in [0.15, 0.2) is 18.2 Å². The van der Waals surface area contributed by atoms with Gasteiger partial charge >= 0.3 is 0 Å². The van der Waals surface area contributed by atoms with Gasteiger partial charge in [0, 0.05) is 24.7 Å². The minimum atomic E-state index is 0.123. The van der Waals surface area contributed by atoms with Crippen molar-refractivity contribution in [3.8, 4) is 5.75 Å². The third-order valence-corrected chi connectivity index (χ3v) is 3.03. The molecule has 0 spiro atoms. The Bertz CT molecular complexity index is 380. The SMILES string of the molecule is Cc1ccc(C(C)NCCOCCN(C)C)c(O)c1. The fourth-order valence-electron chi connectivity index (χ4n) is 1.83. The Labute approximate surface area is 116 Å². The van der Waals surface area contributed by atoms with Gasteiger partial charge in [0.15, 0.2) is 0 Å². The molecule has 2 N–H and O–H groups in total. The van der Waals surface area contributed by atoms with Crippen LogP contribution in [-0.2, 0) is 4.74 Å². The molecule has 0 amide bonds. The van der Waals surface area contributed by atoms with Crippen LogP contribution in [0.3, 0.4) is 0 Å². The number of aryl methyl sites for hydroxylation is 1. The van der Waals surface area contributed by atoms with Crippen LogP contribution in [0.1, 0.15) is 24.1 Å². The first kappa shape index (κ1) is 16.0. The number of hydrogen-bond acceptors (Lipinski definition) is 4. The number of ether oxygens (including phenoxy) is 1. The minimum absolute atomic E-state index is 0.123. The summed E-state index contributed by atoms with van der Waals surface area (Å²) in [5.74, 6) is 0.355. The van der Waals surface area contributed by atoms with Crippen molar-refractivity contribution < 1.29 is 9.84 Å². The first-order valence-corrected chi connectivity index (χ1v) is 6.76. The van der Waals surface area contributed by atoms with Crippen LogP contribution in [0.4, 0.5) is 0 Å². The highest BCUT2D eigenvalue weighted by Gasteiger charge is 2.09. The topological polar surface area (TPSA) is 44.7 Å². The highest BCUT2D eigenvalue weighted by molar-refractivity contribution is 5.37. The molecule has 0 heterocycles. The van der Waals surface area contributed by atoms with Crippen LogP contribution in [-0.4, -0.2) is 50.4 Å². The smallest absolute Gasteiger partial charge is 0.120 e. The second kappa shape index (κ2) is 8.15. The summed E-state index contributed by atoms with van der Waals surface area (Å²) in [5.41, 5.74) is 2.00. The van der Waals surface area contributed by atoms with Crippen LogP contribution in [0.25, 0.3) is 0 Å². The number of likely N-dealkylation sites (N-methyl/N-ethyl adjacent to an activating group) is 1. The van der Waals surface area contributed by atoms with Crippen molar-refractivity contribution in [3.63, 3.8) is 0 Å². The van der Waals surface area contributed by atoms with E-state index in [2.05, 4.69) is 10.2 Å². The molecule has 19 heavy (non-hydrogen) atoms. The zero-order valence-electron chi connectivity index (χ0n) is 12.4. The Morgan fingerprint density at radius 2 is 2.05 bits per heavy atom. The largest absolute Gasteiger partial charge is 0.508 e. The predicted molar refractivity (Wildman–Crippen MR) is 78.6 cm³/mol. The molecule has 0 bridgehead atoms. The summed E-state index contributed by atoms with van der Waals surface area (Å²) < 4.78 is 5.51. The molecular weight excluding hydrogens is 240 g/mol. The molecule has 0 saturated carbocycles. The average molecular weight is 266 g/mol. The quantitative estimate of drug-likeness (QED) is 0.706. The molecule has 108 valence electrons. The van der Waals surface area contributed by atoms with Crippen molar-refractivity contribution >= 4 is 0 Å². The van der Waals surface area contributed by atoms with Crippen molar-refractivity contribution in [2.45, 2.75) is 19.9 Å². The Kier molecular flexibility index (Phi) is 6.84. The number of aromatic hydroxyl groups is 1. The van der Waals surface area contributed by atoms with Crippen LogP contribution in [0.5, 0.6) is 5.75 Å². The van der Waals surface area contributed by atoms with Crippen LogP contribution in [0, 0.1) is 6.92 Å². The second-order valence-electron chi connectivity index (χ2n) is 5.15. The number of nitrogens with zero attached hydrogens (tertiary/aromatic N) is 1. The maximum absolute atomic E-state index is 9.89. The van der Waals surface area contributed by atoms with E-state index in [-0.39, 0.29) is 6.04 Å². The molecule has 0 aromatic heterocycles.